The number of hydrogen-bond acceptors (Lipinski definition) is 0. The summed E-state index contributed by atoms with van der Waals surface area (Å²) in [5.74, 6) is 0. The quantitative estimate of drug-likeness (QED) is 0.170. The van der Waals surface area contributed by atoms with Crippen LogP contribution >= 0.6 is 0 Å². The van der Waals surface area contributed by atoms with Gasteiger partial charge in [-0.2, -0.15) is 0 Å². The minimum Gasteiger partial charge on any atom is -0.110 e. The van der Waals surface area contributed by atoms with Crippen LogP contribution in [-0.4, -0.2) is 62.8 Å². The lowest BCUT2D eigenvalue weighted by atomic mass is 9.59. The molecule has 0 saturated carbocycles. The zero-order valence-electron chi connectivity index (χ0n) is 24.9. The highest BCUT2D eigenvalue weighted by atomic mass is 14.3. The summed E-state index contributed by atoms with van der Waals surface area (Å²) in [7, 11) is 53.8. The predicted molar refractivity (Wildman–Crippen MR) is 208 cm³/mol. The van der Waals surface area contributed by atoms with Gasteiger partial charge in [0, 0.05) is 0 Å². The number of hydrogen-bond donors (Lipinski definition) is 0. The Morgan fingerprint density at radius 2 is 0.804 bits per heavy atom. The molecule has 46 heavy (non-hydrogen) atoms. The molecule has 192 valence electrons. The summed E-state index contributed by atoms with van der Waals surface area (Å²) < 4.78 is 0. The first-order chi connectivity index (χ1) is 22.2. The second-order valence-electron chi connectivity index (χ2n) is 11.8. The maximum atomic E-state index is 6.93. The zero-order valence-corrected chi connectivity index (χ0v) is 24.9. The molecule has 0 aliphatic rings. The van der Waals surface area contributed by atoms with Gasteiger partial charge in [-0.25, -0.2) is 0 Å². The molecule has 0 aliphatic carbocycles. The largest absolute Gasteiger partial charge is 0.113 e. The van der Waals surface area contributed by atoms with Crippen LogP contribution in [0.25, 0.3) is 76.1 Å². The van der Waals surface area contributed by atoms with Crippen molar-refractivity contribution in [1.29, 1.82) is 0 Å². The lowest BCUT2D eigenvalue weighted by Crippen LogP contribution is -2.50. The second-order valence-corrected chi connectivity index (χ2v) is 11.8. The van der Waals surface area contributed by atoms with Gasteiger partial charge in [0.2, 0.25) is 0 Å². The van der Waals surface area contributed by atoms with E-state index in [-0.39, 0.29) is 43.7 Å². The van der Waals surface area contributed by atoms with E-state index < -0.39 is 0 Å². The fourth-order valence-electron chi connectivity index (χ4n) is 7.11. The van der Waals surface area contributed by atoms with Crippen molar-refractivity contribution in [3.8, 4) is 22.3 Å². The Kier molecular flexibility index (Phi) is 6.66. The Labute approximate surface area is 278 Å². The van der Waals surface area contributed by atoms with Crippen LogP contribution in [0.2, 0.25) is 0 Å². The zero-order chi connectivity index (χ0) is 32.0. The van der Waals surface area contributed by atoms with E-state index >= 15 is 0 Å². The molecule has 0 heterocycles. The molecular weight excluding hydrogens is 543 g/mol. The molecule has 8 rings (SSSR count). The maximum absolute atomic E-state index is 6.93. The molecule has 16 radical (unpaired) electrons. The molecule has 0 fully saturated rings. The van der Waals surface area contributed by atoms with E-state index in [1.54, 1.807) is 0 Å². The topological polar surface area (TPSA) is 0 Å². The van der Waals surface area contributed by atoms with Gasteiger partial charge in [0.05, 0.1) is 0 Å². The fourth-order valence-corrected chi connectivity index (χ4v) is 7.11. The highest BCUT2D eigenvalue weighted by Gasteiger charge is 2.25. The fraction of sp³-hybridized carbons (Fsp3) is 0. The van der Waals surface area contributed by atoms with Crippen LogP contribution in [0.1, 0.15) is 0 Å². The summed E-state index contributed by atoms with van der Waals surface area (Å²) in [6.07, 6.45) is 0. The van der Waals surface area contributed by atoms with Crippen molar-refractivity contribution in [1.82, 2.24) is 0 Å². The first-order valence-electron chi connectivity index (χ1n) is 14.9. The van der Waals surface area contributed by atoms with Crippen LogP contribution in [0.3, 0.4) is 0 Å². The highest BCUT2D eigenvalue weighted by Crippen LogP contribution is 2.43. The monoisotopic (exact) mass is 560 g/mol. The van der Waals surface area contributed by atoms with E-state index in [0.29, 0.717) is 32.7 Å². The van der Waals surface area contributed by atoms with E-state index in [2.05, 4.69) is 42.5 Å². The summed E-state index contributed by atoms with van der Waals surface area (Å²) in [6.45, 7) is 0. The third kappa shape index (κ3) is 3.99. The van der Waals surface area contributed by atoms with E-state index in [1.165, 1.54) is 5.39 Å². The first kappa shape index (κ1) is 29.0. The van der Waals surface area contributed by atoms with Gasteiger partial charge in [-0.3, -0.25) is 0 Å². The number of fused-ring (bicyclic) bond motifs is 6. The van der Waals surface area contributed by atoms with Crippen molar-refractivity contribution in [2.75, 3.05) is 0 Å². The molecule has 0 unspecified atom stereocenters. The molecule has 0 aliphatic heterocycles. The van der Waals surface area contributed by atoms with E-state index in [9.17, 15) is 0 Å². The van der Waals surface area contributed by atoms with Gasteiger partial charge < -0.3 is 0 Å². The third-order valence-corrected chi connectivity index (χ3v) is 9.39. The molecule has 0 saturated heterocycles. The Balaban J connectivity index is 1.67. The van der Waals surface area contributed by atoms with Crippen LogP contribution < -0.4 is 43.7 Å². The summed E-state index contributed by atoms with van der Waals surface area (Å²) in [6, 6.07) is 32.9. The Morgan fingerprint density at radius 1 is 0.304 bits per heavy atom. The summed E-state index contributed by atoms with van der Waals surface area (Å²) >= 11 is 0. The van der Waals surface area contributed by atoms with Crippen molar-refractivity contribution >= 4 is 160 Å². The average molecular weight is 559 g/mol. The van der Waals surface area contributed by atoms with Gasteiger partial charge in [-0.1, -0.05) is 107 Å². The van der Waals surface area contributed by atoms with Crippen molar-refractivity contribution in [2.45, 2.75) is 0 Å². The predicted octanol–water partition coefficient (Wildman–Crippen LogP) is 1.14. The summed E-state index contributed by atoms with van der Waals surface area (Å²) in [5, 5.41) is 9.02. The summed E-state index contributed by atoms with van der Waals surface area (Å²) in [5.41, 5.74) is 4.98. The SMILES string of the molecule is [B]c1c([B])c([B])c2c(-c3cccc4c3ccc3cc5ccccc5cc34)c3c([B])c([B])c([B])c([B])c3c(-c3ccccc3)c2c1[B]. The highest BCUT2D eigenvalue weighted by molar-refractivity contribution is 6.71. The number of rotatable bonds is 2. The molecular formula is C38H16B8. The first-order valence-corrected chi connectivity index (χ1v) is 14.9. The van der Waals surface area contributed by atoms with Crippen LogP contribution in [-0.2, 0) is 0 Å². The van der Waals surface area contributed by atoms with Crippen molar-refractivity contribution in [3.05, 3.63) is 97.1 Å². The molecule has 8 heteroatoms. The molecule has 0 nitrogen and oxygen atoms in total. The molecule has 0 bridgehead atoms. The standard InChI is InChI=1S/C38H16B8/c39-31-27-25(17-7-2-1-3-8-17)28-30(34(42)38(46)36(44)32(28)40)26(29(27)33(41)37(45)35(31)43)23-12-6-11-21-22(23)14-13-20-15-18-9-4-5-10-19(18)16-24(20)21/h1-16H. The molecule has 0 spiro atoms. The van der Waals surface area contributed by atoms with Gasteiger partial charge in [0.15, 0.2) is 0 Å². The average Bonchev–Trinajstić information content (AvgIpc) is 3.09. The molecule has 0 N–H and O–H groups in total. The van der Waals surface area contributed by atoms with E-state index in [1.807, 2.05) is 54.6 Å². The third-order valence-electron chi connectivity index (χ3n) is 9.39. The normalized spacial score (nSPS) is 11.7. The molecule has 0 amide bonds. The lowest BCUT2D eigenvalue weighted by Gasteiger charge is -2.29. The molecule has 0 aromatic heterocycles. The minimum absolute atomic E-state index is 0.191. The van der Waals surface area contributed by atoms with E-state index in [0.717, 1.165) is 38.1 Å². The Hall–Kier alpha value is -4.42. The van der Waals surface area contributed by atoms with Crippen LogP contribution in [0.15, 0.2) is 97.1 Å². The van der Waals surface area contributed by atoms with Crippen molar-refractivity contribution < 1.29 is 0 Å². The van der Waals surface area contributed by atoms with Gasteiger partial charge >= 0.3 is 0 Å². The van der Waals surface area contributed by atoms with Crippen molar-refractivity contribution in [2.24, 2.45) is 0 Å². The minimum atomic E-state index is 0.191. The lowest BCUT2D eigenvalue weighted by molar-refractivity contribution is 1.69. The van der Waals surface area contributed by atoms with Crippen molar-refractivity contribution in [3.63, 3.8) is 0 Å². The summed E-state index contributed by atoms with van der Waals surface area (Å²) in [4.78, 5) is 0. The molecule has 8 aromatic carbocycles. The second kappa shape index (κ2) is 10.6. The number of benzene rings is 8. The Morgan fingerprint density at radius 3 is 1.37 bits per heavy atom. The molecule has 8 aromatic rings. The van der Waals surface area contributed by atoms with Gasteiger partial charge in [-0.05, 0) is 88.2 Å². The van der Waals surface area contributed by atoms with E-state index in [4.69, 9.17) is 62.8 Å². The van der Waals surface area contributed by atoms with Gasteiger partial charge in [0.25, 0.3) is 0 Å². The van der Waals surface area contributed by atoms with Gasteiger partial charge in [-0.15, -0.1) is 21.9 Å². The Bertz CT molecular complexity index is 2530. The maximum Gasteiger partial charge on any atom is 0.113 e. The van der Waals surface area contributed by atoms with Crippen LogP contribution in [0.4, 0.5) is 0 Å². The van der Waals surface area contributed by atoms with Crippen LogP contribution in [0.5, 0.6) is 0 Å². The van der Waals surface area contributed by atoms with Gasteiger partial charge in [0.1, 0.15) is 62.8 Å². The molecule has 0 atom stereocenters. The smallest absolute Gasteiger partial charge is 0.110 e. The van der Waals surface area contributed by atoms with Crippen LogP contribution in [0, 0.1) is 0 Å².